The Kier molecular flexibility index (Phi) is 3.07. The second kappa shape index (κ2) is 4.33. The standard InChI is InChI=1S/C11H14BrN3/c1-7-3-2-4-9(10(7)12)11(15-13)14-8-5-6-8/h2-4,8H,5-6,13H2,1H3,(H,14,15). The van der Waals surface area contributed by atoms with Crippen molar-refractivity contribution in [2.45, 2.75) is 25.8 Å². The molecule has 15 heavy (non-hydrogen) atoms. The number of hydrogen-bond donors (Lipinski definition) is 2. The molecule has 0 amide bonds. The molecule has 0 unspecified atom stereocenters. The summed E-state index contributed by atoms with van der Waals surface area (Å²) in [7, 11) is 0. The number of nitrogens with zero attached hydrogens (tertiary/aromatic N) is 1. The predicted molar refractivity (Wildman–Crippen MR) is 65.8 cm³/mol. The van der Waals surface area contributed by atoms with Crippen molar-refractivity contribution >= 4 is 21.8 Å². The molecular weight excluding hydrogens is 254 g/mol. The molecule has 0 saturated heterocycles. The number of rotatable bonds is 2. The van der Waals surface area contributed by atoms with Crippen molar-refractivity contribution in [1.82, 2.24) is 5.43 Å². The van der Waals surface area contributed by atoms with Crippen LogP contribution < -0.4 is 11.3 Å². The van der Waals surface area contributed by atoms with E-state index in [9.17, 15) is 0 Å². The van der Waals surface area contributed by atoms with E-state index in [-0.39, 0.29) is 0 Å². The minimum atomic E-state index is 0.462. The molecule has 0 heterocycles. The summed E-state index contributed by atoms with van der Waals surface area (Å²) in [6.45, 7) is 2.05. The second-order valence-electron chi connectivity index (χ2n) is 3.79. The molecule has 4 heteroatoms. The molecule has 1 aromatic carbocycles. The average Bonchev–Trinajstić information content (AvgIpc) is 3.03. The van der Waals surface area contributed by atoms with Gasteiger partial charge in [-0.05, 0) is 41.3 Å². The number of halogens is 1. The van der Waals surface area contributed by atoms with Crippen LogP contribution in [-0.2, 0) is 0 Å². The number of aryl methyl sites for hydroxylation is 1. The van der Waals surface area contributed by atoms with E-state index in [0.29, 0.717) is 6.04 Å². The van der Waals surface area contributed by atoms with Gasteiger partial charge in [-0.1, -0.05) is 18.2 Å². The van der Waals surface area contributed by atoms with E-state index in [1.807, 2.05) is 12.1 Å². The number of aliphatic imine (C=N–C) groups is 1. The Morgan fingerprint density at radius 2 is 2.27 bits per heavy atom. The highest BCUT2D eigenvalue weighted by Crippen LogP contribution is 2.26. The maximum absolute atomic E-state index is 5.50. The summed E-state index contributed by atoms with van der Waals surface area (Å²) in [5.74, 6) is 6.27. The van der Waals surface area contributed by atoms with Crippen LogP contribution in [0, 0.1) is 6.92 Å². The van der Waals surface area contributed by atoms with Crippen LogP contribution in [0.5, 0.6) is 0 Å². The Balaban J connectivity index is 2.37. The summed E-state index contributed by atoms with van der Waals surface area (Å²) >= 11 is 3.56. The maximum Gasteiger partial charge on any atom is 0.143 e. The number of hydrazine groups is 1. The van der Waals surface area contributed by atoms with Gasteiger partial charge in [0.25, 0.3) is 0 Å². The van der Waals surface area contributed by atoms with Crippen molar-refractivity contribution in [1.29, 1.82) is 0 Å². The Morgan fingerprint density at radius 3 is 2.87 bits per heavy atom. The summed E-state index contributed by atoms with van der Waals surface area (Å²) in [4.78, 5) is 4.53. The molecule has 80 valence electrons. The highest BCUT2D eigenvalue weighted by atomic mass is 79.9. The molecule has 0 radical (unpaired) electrons. The monoisotopic (exact) mass is 267 g/mol. The minimum Gasteiger partial charge on any atom is -0.308 e. The molecule has 3 nitrogen and oxygen atoms in total. The van der Waals surface area contributed by atoms with E-state index in [0.717, 1.165) is 15.9 Å². The fraction of sp³-hybridized carbons (Fsp3) is 0.364. The minimum absolute atomic E-state index is 0.462. The Morgan fingerprint density at radius 1 is 1.53 bits per heavy atom. The molecule has 2 rings (SSSR count). The summed E-state index contributed by atoms with van der Waals surface area (Å²) in [5.41, 5.74) is 4.90. The molecule has 0 aliphatic heterocycles. The Bertz CT molecular complexity index is 397. The molecule has 0 aromatic heterocycles. The first kappa shape index (κ1) is 10.6. The molecule has 1 aromatic rings. The third kappa shape index (κ3) is 2.38. The van der Waals surface area contributed by atoms with Gasteiger partial charge < -0.3 is 5.43 Å². The third-order valence-electron chi connectivity index (χ3n) is 2.44. The highest BCUT2D eigenvalue weighted by Gasteiger charge is 2.21. The zero-order valence-electron chi connectivity index (χ0n) is 8.63. The third-order valence-corrected chi connectivity index (χ3v) is 3.49. The zero-order chi connectivity index (χ0) is 10.8. The molecule has 1 aliphatic rings. The van der Waals surface area contributed by atoms with Crippen LogP contribution in [0.15, 0.2) is 27.7 Å². The summed E-state index contributed by atoms with van der Waals surface area (Å²) in [5, 5.41) is 0. The lowest BCUT2D eigenvalue weighted by Gasteiger charge is -2.09. The van der Waals surface area contributed by atoms with Crippen molar-refractivity contribution < 1.29 is 0 Å². The van der Waals surface area contributed by atoms with Crippen molar-refractivity contribution in [3.05, 3.63) is 33.8 Å². The molecular formula is C11H14BrN3. The average molecular weight is 268 g/mol. The number of nitrogens with one attached hydrogen (secondary N) is 1. The first-order chi connectivity index (χ1) is 7.22. The van der Waals surface area contributed by atoms with Gasteiger partial charge in [-0.25, -0.2) is 5.84 Å². The zero-order valence-corrected chi connectivity index (χ0v) is 10.2. The van der Waals surface area contributed by atoms with Crippen molar-refractivity contribution in [2.75, 3.05) is 0 Å². The van der Waals surface area contributed by atoms with E-state index in [2.05, 4.69) is 39.3 Å². The largest absolute Gasteiger partial charge is 0.308 e. The lowest BCUT2D eigenvalue weighted by molar-refractivity contribution is 0.970. The normalized spacial score (nSPS) is 16.6. The van der Waals surface area contributed by atoms with E-state index < -0.39 is 0 Å². The van der Waals surface area contributed by atoms with Gasteiger partial charge in [0.05, 0.1) is 6.04 Å². The van der Waals surface area contributed by atoms with Crippen LogP contribution in [0.4, 0.5) is 0 Å². The Hall–Kier alpha value is -0.870. The van der Waals surface area contributed by atoms with Gasteiger partial charge in [0.15, 0.2) is 0 Å². The van der Waals surface area contributed by atoms with Crippen LogP contribution in [0.2, 0.25) is 0 Å². The van der Waals surface area contributed by atoms with Gasteiger partial charge in [-0.15, -0.1) is 0 Å². The van der Waals surface area contributed by atoms with Crippen molar-refractivity contribution in [2.24, 2.45) is 10.8 Å². The molecule has 0 atom stereocenters. The fourth-order valence-corrected chi connectivity index (χ4v) is 1.85. The SMILES string of the molecule is Cc1cccc(C(=NC2CC2)NN)c1Br. The van der Waals surface area contributed by atoms with E-state index in [1.54, 1.807) is 0 Å². The summed E-state index contributed by atoms with van der Waals surface area (Å²) in [6, 6.07) is 6.54. The highest BCUT2D eigenvalue weighted by molar-refractivity contribution is 9.10. The van der Waals surface area contributed by atoms with E-state index in [4.69, 9.17) is 5.84 Å². The lowest BCUT2D eigenvalue weighted by atomic mass is 10.1. The van der Waals surface area contributed by atoms with Gasteiger partial charge in [-0.2, -0.15) is 0 Å². The van der Waals surface area contributed by atoms with Crippen LogP contribution in [0.1, 0.15) is 24.0 Å². The van der Waals surface area contributed by atoms with Gasteiger partial charge in [0.2, 0.25) is 0 Å². The first-order valence-electron chi connectivity index (χ1n) is 5.02. The van der Waals surface area contributed by atoms with Crippen LogP contribution in [-0.4, -0.2) is 11.9 Å². The number of hydrogen-bond acceptors (Lipinski definition) is 2. The van der Waals surface area contributed by atoms with Gasteiger partial charge in [-0.3, -0.25) is 4.99 Å². The Labute approximate surface area is 97.9 Å². The van der Waals surface area contributed by atoms with Gasteiger partial charge >= 0.3 is 0 Å². The topological polar surface area (TPSA) is 50.4 Å². The number of nitrogens with two attached hydrogens (primary N) is 1. The molecule has 1 saturated carbocycles. The van der Waals surface area contributed by atoms with Crippen LogP contribution >= 0.6 is 15.9 Å². The summed E-state index contributed by atoms with van der Waals surface area (Å²) < 4.78 is 1.06. The molecule has 0 bridgehead atoms. The van der Waals surface area contributed by atoms with E-state index in [1.165, 1.54) is 18.4 Å². The van der Waals surface area contributed by atoms with Crippen molar-refractivity contribution in [3.8, 4) is 0 Å². The molecule has 0 spiro atoms. The van der Waals surface area contributed by atoms with E-state index >= 15 is 0 Å². The lowest BCUT2D eigenvalue weighted by Crippen LogP contribution is -2.31. The van der Waals surface area contributed by atoms with Gasteiger partial charge in [0, 0.05) is 10.0 Å². The predicted octanol–water partition coefficient (Wildman–Crippen LogP) is 2.13. The molecule has 1 fully saturated rings. The fourth-order valence-electron chi connectivity index (χ4n) is 1.40. The summed E-state index contributed by atoms with van der Waals surface area (Å²) in [6.07, 6.45) is 2.35. The second-order valence-corrected chi connectivity index (χ2v) is 4.58. The van der Waals surface area contributed by atoms with Crippen molar-refractivity contribution in [3.63, 3.8) is 0 Å². The van der Waals surface area contributed by atoms with Crippen LogP contribution in [0.25, 0.3) is 0 Å². The van der Waals surface area contributed by atoms with Gasteiger partial charge in [0.1, 0.15) is 5.84 Å². The maximum atomic E-state index is 5.50. The number of amidine groups is 1. The smallest absolute Gasteiger partial charge is 0.143 e. The number of benzene rings is 1. The molecule has 1 aliphatic carbocycles. The quantitative estimate of drug-likeness (QED) is 0.373. The molecule has 3 N–H and O–H groups in total. The first-order valence-corrected chi connectivity index (χ1v) is 5.81. The van der Waals surface area contributed by atoms with Crippen LogP contribution in [0.3, 0.4) is 0 Å².